The Kier molecular flexibility index (Phi) is 6.74. The number of aryl methyl sites for hydroxylation is 1. The summed E-state index contributed by atoms with van der Waals surface area (Å²) in [5, 5.41) is 1.85. The molecule has 0 aliphatic rings. The van der Waals surface area contributed by atoms with E-state index in [1.54, 1.807) is 0 Å². The van der Waals surface area contributed by atoms with Crippen LogP contribution in [0.15, 0.2) is 24.3 Å². The monoisotopic (exact) mass is 310 g/mol. The average molecular weight is 310 g/mol. The van der Waals surface area contributed by atoms with E-state index < -0.39 is 24.0 Å². The van der Waals surface area contributed by atoms with Crippen molar-refractivity contribution in [2.24, 2.45) is 5.73 Å². The normalized spacial score (nSPS) is 11.5. The fourth-order valence-electron chi connectivity index (χ4n) is 1.44. The van der Waals surface area contributed by atoms with Gasteiger partial charge in [0.2, 0.25) is 0 Å². The molecule has 7 heteroatoms. The van der Waals surface area contributed by atoms with Gasteiger partial charge in [0.15, 0.2) is 6.10 Å². The van der Waals surface area contributed by atoms with Crippen molar-refractivity contribution in [2.75, 3.05) is 5.75 Å². The highest BCUT2D eigenvalue weighted by Gasteiger charge is 2.18. The van der Waals surface area contributed by atoms with Gasteiger partial charge in [-0.3, -0.25) is 14.9 Å². The average Bonchev–Trinajstić information content (AvgIpc) is 2.40. The highest BCUT2D eigenvalue weighted by atomic mass is 32.2. The number of benzene rings is 1. The Balaban J connectivity index is 2.29. The molecule has 0 unspecified atom stereocenters. The third kappa shape index (κ3) is 6.80. The van der Waals surface area contributed by atoms with Gasteiger partial charge in [-0.25, -0.2) is 4.79 Å². The van der Waals surface area contributed by atoms with Crippen molar-refractivity contribution in [2.45, 2.75) is 25.7 Å². The summed E-state index contributed by atoms with van der Waals surface area (Å²) in [5.74, 6) is -0.446. The van der Waals surface area contributed by atoms with Crippen molar-refractivity contribution in [1.82, 2.24) is 5.32 Å². The van der Waals surface area contributed by atoms with Crippen LogP contribution in [0.1, 0.15) is 18.1 Å². The Bertz CT molecular complexity index is 516. The van der Waals surface area contributed by atoms with Crippen molar-refractivity contribution in [3.8, 4) is 0 Å². The zero-order valence-corrected chi connectivity index (χ0v) is 12.7. The number of rotatable bonds is 6. The number of nitrogens with two attached hydrogens (primary N) is 1. The minimum absolute atomic E-state index is 0.127. The summed E-state index contributed by atoms with van der Waals surface area (Å²) in [6.07, 6.45) is -1.05. The van der Waals surface area contributed by atoms with Gasteiger partial charge >= 0.3 is 12.0 Å². The highest BCUT2D eigenvalue weighted by molar-refractivity contribution is 7.99. The number of imide groups is 1. The predicted octanol–water partition coefficient (Wildman–Crippen LogP) is 1.35. The second-order valence-electron chi connectivity index (χ2n) is 4.46. The van der Waals surface area contributed by atoms with Gasteiger partial charge < -0.3 is 10.5 Å². The number of hydrogen-bond acceptors (Lipinski definition) is 5. The van der Waals surface area contributed by atoms with Crippen LogP contribution in [-0.2, 0) is 20.1 Å². The SMILES string of the molecule is Cc1ccc(CSCC(=O)O[C@@H](C)C(=O)NC(N)=O)cc1. The van der Waals surface area contributed by atoms with Crippen molar-refractivity contribution in [1.29, 1.82) is 0 Å². The number of nitrogens with one attached hydrogen (secondary N) is 1. The summed E-state index contributed by atoms with van der Waals surface area (Å²) in [7, 11) is 0. The molecule has 0 aliphatic heterocycles. The number of esters is 1. The van der Waals surface area contributed by atoms with Gasteiger partial charge in [-0.15, -0.1) is 11.8 Å². The lowest BCUT2D eigenvalue weighted by Gasteiger charge is -2.11. The zero-order valence-electron chi connectivity index (χ0n) is 11.9. The fourth-order valence-corrected chi connectivity index (χ4v) is 2.21. The van der Waals surface area contributed by atoms with Gasteiger partial charge in [0.1, 0.15) is 0 Å². The summed E-state index contributed by atoms with van der Waals surface area (Å²) in [6.45, 7) is 3.38. The highest BCUT2D eigenvalue weighted by Crippen LogP contribution is 2.13. The summed E-state index contributed by atoms with van der Waals surface area (Å²) in [4.78, 5) is 33.4. The van der Waals surface area contributed by atoms with Gasteiger partial charge in [0, 0.05) is 5.75 Å². The van der Waals surface area contributed by atoms with E-state index >= 15 is 0 Å². The van der Waals surface area contributed by atoms with Gasteiger partial charge in [0.25, 0.3) is 5.91 Å². The van der Waals surface area contributed by atoms with Crippen LogP contribution in [0.3, 0.4) is 0 Å². The summed E-state index contributed by atoms with van der Waals surface area (Å²) in [6, 6.07) is 7.03. The minimum atomic E-state index is -1.05. The van der Waals surface area contributed by atoms with Crippen LogP contribution < -0.4 is 11.1 Å². The predicted molar refractivity (Wildman–Crippen MR) is 80.6 cm³/mol. The first-order valence-corrected chi connectivity index (χ1v) is 7.47. The number of urea groups is 1. The summed E-state index contributed by atoms with van der Waals surface area (Å²) in [5.41, 5.74) is 7.09. The van der Waals surface area contributed by atoms with E-state index in [1.807, 2.05) is 36.5 Å². The van der Waals surface area contributed by atoms with Crippen LogP contribution in [0.5, 0.6) is 0 Å². The molecule has 6 nitrogen and oxygen atoms in total. The molecular weight excluding hydrogens is 292 g/mol. The molecule has 114 valence electrons. The first-order valence-electron chi connectivity index (χ1n) is 6.31. The first-order chi connectivity index (χ1) is 9.88. The molecule has 3 N–H and O–H groups in total. The molecular formula is C14H18N2O4S. The molecule has 0 bridgehead atoms. The molecule has 21 heavy (non-hydrogen) atoms. The maximum atomic E-state index is 11.5. The standard InChI is InChI=1S/C14H18N2O4S/c1-9-3-5-11(6-4-9)7-21-8-12(17)20-10(2)13(18)16-14(15)19/h3-6,10H,7-8H2,1-2H3,(H3,15,16,18,19)/t10-/m0/s1. The molecule has 0 aromatic heterocycles. The number of amides is 3. The van der Waals surface area contributed by atoms with Gasteiger partial charge in [-0.05, 0) is 19.4 Å². The lowest BCUT2D eigenvalue weighted by Crippen LogP contribution is -2.42. The van der Waals surface area contributed by atoms with E-state index in [-0.39, 0.29) is 5.75 Å². The molecule has 0 saturated carbocycles. The first kappa shape index (κ1) is 17.0. The topological polar surface area (TPSA) is 98.5 Å². The molecule has 0 heterocycles. The van der Waals surface area contributed by atoms with Crippen LogP contribution >= 0.6 is 11.8 Å². The molecule has 0 aliphatic carbocycles. The van der Waals surface area contributed by atoms with E-state index in [0.717, 1.165) is 5.56 Å². The zero-order chi connectivity index (χ0) is 15.8. The molecule has 1 rings (SSSR count). The van der Waals surface area contributed by atoms with Crippen LogP contribution in [0.4, 0.5) is 4.79 Å². The fraction of sp³-hybridized carbons (Fsp3) is 0.357. The van der Waals surface area contributed by atoms with Crippen LogP contribution in [0, 0.1) is 6.92 Å². The number of thioether (sulfide) groups is 1. The molecule has 3 amide bonds. The number of carbonyl (C=O) groups is 3. The third-order valence-corrected chi connectivity index (χ3v) is 3.51. The van der Waals surface area contributed by atoms with Crippen LogP contribution in [-0.4, -0.2) is 29.8 Å². The van der Waals surface area contributed by atoms with Crippen LogP contribution in [0.25, 0.3) is 0 Å². The maximum absolute atomic E-state index is 11.5. The van der Waals surface area contributed by atoms with E-state index in [4.69, 9.17) is 10.5 Å². The molecule has 1 aromatic rings. The number of hydrogen-bond donors (Lipinski definition) is 2. The lowest BCUT2D eigenvalue weighted by molar-refractivity contribution is -0.151. The van der Waals surface area contributed by atoms with Crippen molar-refractivity contribution in [3.63, 3.8) is 0 Å². The number of ether oxygens (including phenoxy) is 1. The Morgan fingerprint density at radius 1 is 1.29 bits per heavy atom. The molecule has 1 atom stereocenters. The van der Waals surface area contributed by atoms with E-state index in [2.05, 4.69) is 0 Å². The molecule has 0 radical (unpaired) electrons. The maximum Gasteiger partial charge on any atom is 0.318 e. The van der Waals surface area contributed by atoms with Gasteiger partial charge in [-0.1, -0.05) is 29.8 Å². The van der Waals surface area contributed by atoms with E-state index in [0.29, 0.717) is 5.75 Å². The Morgan fingerprint density at radius 2 is 1.90 bits per heavy atom. The lowest BCUT2D eigenvalue weighted by atomic mass is 10.2. The summed E-state index contributed by atoms with van der Waals surface area (Å²) < 4.78 is 4.89. The smallest absolute Gasteiger partial charge is 0.318 e. The quantitative estimate of drug-likeness (QED) is 0.773. The van der Waals surface area contributed by atoms with Crippen molar-refractivity contribution >= 4 is 29.7 Å². The van der Waals surface area contributed by atoms with Crippen LogP contribution in [0.2, 0.25) is 0 Å². The Hall–Kier alpha value is -2.02. The Morgan fingerprint density at radius 3 is 2.48 bits per heavy atom. The second-order valence-corrected chi connectivity index (χ2v) is 5.45. The van der Waals surface area contributed by atoms with E-state index in [1.165, 1.54) is 24.2 Å². The van der Waals surface area contributed by atoms with Crippen molar-refractivity contribution in [3.05, 3.63) is 35.4 Å². The van der Waals surface area contributed by atoms with Gasteiger partial charge in [0.05, 0.1) is 5.75 Å². The third-order valence-electron chi connectivity index (χ3n) is 2.53. The summed E-state index contributed by atoms with van der Waals surface area (Å²) >= 11 is 1.39. The molecule has 1 aromatic carbocycles. The minimum Gasteiger partial charge on any atom is -0.452 e. The van der Waals surface area contributed by atoms with E-state index in [9.17, 15) is 14.4 Å². The number of carbonyl (C=O) groups excluding carboxylic acids is 3. The second kappa shape index (κ2) is 8.31. The number of primary amides is 1. The Labute approximate surface area is 127 Å². The van der Waals surface area contributed by atoms with Gasteiger partial charge in [-0.2, -0.15) is 0 Å². The molecule has 0 saturated heterocycles. The van der Waals surface area contributed by atoms with Crippen molar-refractivity contribution < 1.29 is 19.1 Å². The molecule has 0 spiro atoms. The molecule has 0 fully saturated rings. The largest absolute Gasteiger partial charge is 0.452 e.